The predicted octanol–water partition coefficient (Wildman–Crippen LogP) is 3.07. The van der Waals surface area contributed by atoms with Crippen molar-refractivity contribution < 1.29 is 4.79 Å². The van der Waals surface area contributed by atoms with E-state index in [1.807, 2.05) is 0 Å². The normalized spacial score (nSPS) is 12.4. The zero-order valence-electron chi connectivity index (χ0n) is 20.3. The second-order valence-electron chi connectivity index (χ2n) is 9.05. The molecule has 1 atom stereocenters. The van der Waals surface area contributed by atoms with E-state index in [9.17, 15) is 14.4 Å². The van der Waals surface area contributed by atoms with Gasteiger partial charge >= 0.3 is 5.69 Å². The number of fused-ring (bicyclic) bond motifs is 1. The number of aromatic nitrogens is 4. The van der Waals surface area contributed by atoms with Gasteiger partial charge in [0, 0.05) is 27.1 Å². The number of hydrogen-bond acceptors (Lipinski definition) is 4. The highest BCUT2D eigenvalue weighted by molar-refractivity contribution is 5.76. The highest BCUT2D eigenvalue weighted by Crippen LogP contribution is 2.23. The van der Waals surface area contributed by atoms with Crippen LogP contribution in [0, 0.1) is 5.92 Å². The van der Waals surface area contributed by atoms with Crippen LogP contribution in [0.25, 0.3) is 11.2 Å². The van der Waals surface area contributed by atoms with E-state index in [4.69, 9.17) is 0 Å². The Balaban J connectivity index is 1.63. The molecule has 3 aromatic rings. The largest absolute Gasteiger partial charge is 0.349 e. The third-order valence-corrected chi connectivity index (χ3v) is 6.16. The third-order valence-electron chi connectivity index (χ3n) is 6.16. The molecule has 1 N–H and O–H groups in total. The molecule has 0 aliphatic rings. The number of hydrogen-bond donors (Lipinski definition) is 1. The number of nitrogens with one attached hydrogen (secondary N) is 1. The Morgan fingerprint density at radius 1 is 1.06 bits per heavy atom. The van der Waals surface area contributed by atoms with Gasteiger partial charge in [-0.15, -0.1) is 0 Å². The van der Waals surface area contributed by atoms with Crippen LogP contribution in [-0.2, 0) is 31.9 Å². The summed E-state index contributed by atoms with van der Waals surface area (Å²) in [4.78, 5) is 41.6. The second kappa shape index (κ2) is 10.6. The Labute approximate surface area is 194 Å². The third kappa shape index (κ3) is 5.43. The van der Waals surface area contributed by atoms with Gasteiger partial charge < -0.3 is 9.88 Å². The van der Waals surface area contributed by atoms with Gasteiger partial charge in [0.25, 0.3) is 5.56 Å². The first-order valence-corrected chi connectivity index (χ1v) is 11.7. The molecule has 0 fully saturated rings. The molecule has 2 heterocycles. The van der Waals surface area contributed by atoms with Gasteiger partial charge in [-0.05, 0) is 36.3 Å². The summed E-state index contributed by atoms with van der Waals surface area (Å²) in [6, 6.07) is 8.50. The lowest BCUT2D eigenvalue weighted by Gasteiger charge is -2.23. The van der Waals surface area contributed by atoms with E-state index in [0.29, 0.717) is 30.6 Å². The van der Waals surface area contributed by atoms with Gasteiger partial charge in [-0.3, -0.25) is 18.7 Å². The van der Waals surface area contributed by atoms with Crippen LogP contribution in [0.2, 0.25) is 0 Å². The number of benzene rings is 1. The highest BCUT2D eigenvalue weighted by atomic mass is 16.2. The van der Waals surface area contributed by atoms with Crippen LogP contribution in [0.4, 0.5) is 0 Å². The van der Waals surface area contributed by atoms with Crippen LogP contribution in [0.3, 0.4) is 0 Å². The van der Waals surface area contributed by atoms with E-state index < -0.39 is 5.69 Å². The monoisotopic (exact) mass is 453 g/mol. The molecule has 1 unspecified atom stereocenters. The molecule has 0 saturated carbocycles. The maximum absolute atomic E-state index is 12.7. The van der Waals surface area contributed by atoms with Gasteiger partial charge in [-0.1, -0.05) is 51.5 Å². The molecule has 33 heavy (non-hydrogen) atoms. The summed E-state index contributed by atoms with van der Waals surface area (Å²) >= 11 is 0. The number of aryl methyl sites for hydroxylation is 3. The molecule has 3 rings (SSSR count). The molecule has 178 valence electrons. The number of unbranched alkanes of at least 4 members (excludes halogenated alkanes) is 1. The van der Waals surface area contributed by atoms with Gasteiger partial charge in [0.2, 0.25) is 5.91 Å². The van der Waals surface area contributed by atoms with Crippen molar-refractivity contribution in [1.29, 1.82) is 0 Å². The van der Waals surface area contributed by atoms with Gasteiger partial charge in [-0.2, -0.15) is 0 Å². The summed E-state index contributed by atoms with van der Waals surface area (Å²) in [5.41, 5.74) is 2.39. The van der Waals surface area contributed by atoms with E-state index in [1.165, 1.54) is 30.0 Å². The fourth-order valence-electron chi connectivity index (χ4n) is 4.13. The van der Waals surface area contributed by atoms with Crippen LogP contribution in [-0.4, -0.2) is 24.6 Å². The van der Waals surface area contributed by atoms with Crippen molar-refractivity contribution in [3.8, 4) is 0 Å². The van der Waals surface area contributed by atoms with Gasteiger partial charge in [0.1, 0.15) is 0 Å². The Hall–Kier alpha value is -3.16. The van der Waals surface area contributed by atoms with Crippen molar-refractivity contribution in [2.75, 3.05) is 0 Å². The molecule has 8 nitrogen and oxygen atoms in total. The smallest absolute Gasteiger partial charge is 0.332 e. The van der Waals surface area contributed by atoms with Crippen LogP contribution in [0.1, 0.15) is 63.6 Å². The molecule has 1 amide bonds. The van der Waals surface area contributed by atoms with E-state index in [-0.39, 0.29) is 23.4 Å². The molecule has 8 heteroatoms. The van der Waals surface area contributed by atoms with Crippen molar-refractivity contribution >= 4 is 17.1 Å². The van der Waals surface area contributed by atoms with Gasteiger partial charge in [0.05, 0.1) is 12.4 Å². The second-order valence-corrected chi connectivity index (χ2v) is 9.05. The first-order chi connectivity index (χ1) is 15.7. The molecule has 0 spiro atoms. The van der Waals surface area contributed by atoms with Crippen molar-refractivity contribution in [1.82, 2.24) is 24.0 Å². The summed E-state index contributed by atoms with van der Waals surface area (Å²) in [7, 11) is 3.05. The fraction of sp³-hybridized carbons (Fsp3) is 0.520. The molecule has 0 saturated heterocycles. The number of carbonyl (C=O) groups is 1. The number of carbonyl (C=O) groups excluding carboxylic acids is 1. The lowest BCUT2D eigenvalue weighted by Crippen LogP contribution is -2.37. The first kappa shape index (κ1) is 24.5. The SMILES string of the molecule is CCCCc1ccc(C(NC(=O)CCCn2cnc3c2c(=O)n(C)c(=O)n3C)C(C)C)cc1. The molecular formula is C25H35N5O3. The molecule has 0 bridgehead atoms. The Morgan fingerprint density at radius 3 is 2.39 bits per heavy atom. The average molecular weight is 454 g/mol. The summed E-state index contributed by atoms with van der Waals surface area (Å²) in [6.45, 7) is 6.87. The Kier molecular flexibility index (Phi) is 7.89. The zero-order valence-corrected chi connectivity index (χ0v) is 20.3. The lowest BCUT2D eigenvalue weighted by atomic mass is 9.94. The minimum absolute atomic E-state index is 0.0199. The minimum Gasteiger partial charge on any atom is -0.349 e. The average Bonchev–Trinajstić information content (AvgIpc) is 3.22. The van der Waals surface area contributed by atoms with Crippen molar-refractivity contribution in [2.24, 2.45) is 20.0 Å². The highest BCUT2D eigenvalue weighted by Gasteiger charge is 2.19. The molecular weight excluding hydrogens is 418 g/mol. The summed E-state index contributed by atoms with van der Waals surface area (Å²) in [6.07, 6.45) is 5.88. The molecule has 1 aromatic carbocycles. The van der Waals surface area contributed by atoms with E-state index in [1.54, 1.807) is 17.9 Å². The number of imidazole rings is 1. The van der Waals surface area contributed by atoms with Crippen LogP contribution in [0.15, 0.2) is 40.2 Å². The molecule has 0 aliphatic heterocycles. The molecule has 2 aromatic heterocycles. The Bertz CT molecular complexity index is 1220. The summed E-state index contributed by atoms with van der Waals surface area (Å²) in [5, 5.41) is 3.17. The maximum atomic E-state index is 12.7. The maximum Gasteiger partial charge on any atom is 0.332 e. The zero-order chi connectivity index (χ0) is 24.1. The van der Waals surface area contributed by atoms with E-state index >= 15 is 0 Å². The van der Waals surface area contributed by atoms with Crippen molar-refractivity contribution in [3.63, 3.8) is 0 Å². The molecule has 0 radical (unpaired) electrons. The van der Waals surface area contributed by atoms with Crippen molar-refractivity contribution in [3.05, 3.63) is 62.6 Å². The topological polar surface area (TPSA) is 90.9 Å². The van der Waals surface area contributed by atoms with Crippen LogP contribution in [0.5, 0.6) is 0 Å². The van der Waals surface area contributed by atoms with E-state index in [0.717, 1.165) is 16.6 Å². The minimum atomic E-state index is -0.407. The van der Waals surface area contributed by atoms with Gasteiger partial charge in [0.15, 0.2) is 11.2 Å². The Morgan fingerprint density at radius 2 is 1.76 bits per heavy atom. The number of amides is 1. The van der Waals surface area contributed by atoms with E-state index in [2.05, 4.69) is 55.3 Å². The van der Waals surface area contributed by atoms with Crippen molar-refractivity contribution in [2.45, 2.75) is 65.5 Å². The summed E-state index contributed by atoms with van der Waals surface area (Å²) in [5.74, 6) is 0.242. The molecule has 0 aliphatic carbocycles. The van der Waals surface area contributed by atoms with Gasteiger partial charge in [-0.25, -0.2) is 9.78 Å². The number of nitrogens with zero attached hydrogens (tertiary/aromatic N) is 4. The predicted molar refractivity (Wildman–Crippen MR) is 130 cm³/mol. The van der Waals surface area contributed by atoms with Crippen LogP contribution >= 0.6 is 0 Å². The standard InChI is InChI=1S/C25H35N5O3/c1-6-7-9-18-11-13-19(14-12-18)21(17(2)3)27-20(31)10-8-15-30-16-26-23-22(30)24(32)29(5)25(33)28(23)4/h11-14,16-17,21H,6-10,15H2,1-5H3,(H,27,31). The lowest BCUT2D eigenvalue weighted by molar-refractivity contribution is -0.122. The number of rotatable bonds is 10. The van der Waals surface area contributed by atoms with Crippen LogP contribution < -0.4 is 16.6 Å². The summed E-state index contributed by atoms with van der Waals surface area (Å²) < 4.78 is 4.16. The fourth-order valence-corrected chi connectivity index (χ4v) is 4.13. The quantitative estimate of drug-likeness (QED) is 0.511. The first-order valence-electron chi connectivity index (χ1n) is 11.7.